The highest BCUT2D eigenvalue weighted by Crippen LogP contribution is 2.35. The van der Waals surface area contributed by atoms with Gasteiger partial charge in [0.05, 0.1) is 13.2 Å². The molecule has 0 fully saturated rings. The predicted octanol–water partition coefficient (Wildman–Crippen LogP) is 2.66. The number of esters is 1. The first-order valence-electron chi connectivity index (χ1n) is 5.94. The summed E-state index contributed by atoms with van der Waals surface area (Å²) in [4.78, 5) is 21.7. The standard InChI is InChI=1S/C11H12F7NO4/c1-2-22-7(20)4-3-6(12)5-19-9(21)23-8(10(13,14)15)11(16,17)18/h3-4,6,8H,2,5H2,1H3,(H,19,21)/b4-3+/t6-/m1/s1. The van der Waals surface area contributed by atoms with Crippen LogP contribution in [0.1, 0.15) is 6.92 Å². The third-order valence-corrected chi connectivity index (χ3v) is 1.99. The van der Waals surface area contributed by atoms with E-state index >= 15 is 0 Å². The number of carbonyl (C=O) groups is 2. The lowest BCUT2D eigenvalue weighted by Gasteiger charge is -2.22. The topological polar surface area (TPSA) is 64.6 Å². The first kappa shape index (κ1) is 21.0. The number of hydrogen-bond acceptors (Lipinski definition) is 4. The summed E-state index contributed by atoms with van der Waals surface area (Å²) in [5, 5.41) is 1.37. The van der Waals surface area contributed by atoms with Crippen molar-refractivity contribution < 1.29 is 49.8 Å². The molecule has 0 heterocycles. The Kier molecular flexibility index (Phi) is 7.83. The first-order valence-corrected chi connectivity index (χ1v) is 5.94. The van der Waals surface area contributed by atoms with E-state index in [1.165, 1.54) is 12.2 Å². The Morgan fingerprint density at radius 2 is 1.65 bits per heavy atom. The van der Waals surface area contributed by atoms with Gasteiger partial charge in [0.1, 0.15) is 6.17 Å². The average Bonchev–Trinajstić information content (AvgIpc) is 2.38. The van der Waals surface area contributed by atoms with E-state index in [4.69, 9.17) is 0 Å². The highest BCUT2D eigenvalue weighted by molar-refractivity contribution is 5.81. The van der Waals surface area contributed by atoms with E-state index in [0.717, 1.165) is 0 Å². The predicted molar refractivity (Wildman–Crippen MR) is 61.1 cm³/mol. The zero-order chi connectivity index (χ0) is 18.3. The number of alkyl carbamates (subject to hydrolysis) is 1. The van der Waals surface area contributed by atoms with E-state index in [1.807, 2.05) is 0 Å². The minimum Gasteiger partial charge on any atom is -0.463 e. The Hall–Kier alpha value is -2.01. The van der Waals surface area contributed by atoms with Gasteiger partial charge >= 0.3 is 24.4 Å². The van der Waals surface area contributed by atoms with Crippen molar-refractivity contribution in [1.82, 2.24) is 5.32 Å². The smallest absolute Gasteiger partial charge is 0.434 e. The van der Waals surface area contributed by atoms with Crippen LogP contribution in [-0.2, 0) is 14.3 Å². The SMILES string of the molecule is CCOC(=O)/C=C/[C@@H](F)CNC(=O)OC(C(F)(F)F)C(F)(F)F. The van der Waals surface area contributed by atoms with Gasteiger partial charge in [-0.25, -0.2) is 14.0 Å². The monoisotopic (exact) mass is 355 g/mol. The Balaban J connectivity index is 4.46. The molecule has 0 spiro atoms. The molecule has 1 amide bonds. The molecule has 0 rings (SSSR count). The lowest BCUT2D eigenvalue weighted by atomic mass is 10.3. The number of amides is 1. The van der Waals surface area contributed by atoms with Gasteiger partial charge in [-0.2, -0.15) is 26.3 Å². The van der Waals surface area contributed by atoms with Crippen LogP contribution >= 0.6 is 0 Å². The summed E-state index contributed by atoms with van der Waals surface area (Å²) < 4.78 is 93.3. The molecule has 0 aromatic rings. The van der Waals surface area contributed by atoms with Crippen LogP contribution < -0.4 is 5.32 Å². The molecule has 0 saturated carbocycles. The zero-order valence-corrected chi connectivity index (χ0v) is 11.5. The van der Waals surface area contributed by atoms with E-state index in [-0.39, 0.29) is 6.61 Å². The van der Waals surface area contributed by atoms with Gasteiger partial charge in [0.25, 0.3) is 6.10 Å². The largest absolute Gasteiger partial charge is 0.463 e. The molecular formula is C11H12F7NO4. The molecule has 0 aliphatic rings. The van der Waals surface area contributed by atoms with Gasteiger partial charge in [-0.05, 0) is 13.0 Å². The van der Waals surface area contributed by atoms with Crippen LogP contribution in [0.5, 0.6) is 0 Å². The molecule has 0 saturated heterocycles. The molecular weight excluding hydrogens is 343 g/mol. The molecule has 1 N–H and O–H groups in total. The van der Waals surface area contributed by atoms with Crippen molar-refractivity contribution in [2.24, 2.45) is 0 Å². The summed E-state index contributed by atoms with van der Waals surface area (Å²) in [6.45, 7) is 0.492. The molecule has 0 unspecified atom stereocenters. The molecule has 0 bridgehead atoms. The molecule has 0 aliphatic heterocycles. The van der Waals surface area contributed by atoms with Crippen molar-refractivity contribution in [2.75, 3.05) is 13.2 Å². The van der Waals surface area contributed by atoms with Gasteiger partial charge < -0.3 is 14.8 Å². The van der Waals surface area contributed by atoms with Crippen molar-refractivity contribution in [1.29, 1.82) is 0 Å². The Bertz CT molecular complexity index is 419. The second-order valence-corrected chi connectivity index (χ2v) is 3.88. The lowest BCUT2D eigenvalue weighted by Crippen LogP contribution is -2.47. The van der Waals surface area contributed by atoms with E-state index < -0.39 is 43.2 Å². The first-order chi connectivity index (χ1) is 10.4. The van der Waals surface area contributed by atoms with Crippen LogP contribution in [0, 0.1) is 0 Å². The minimum atomic E-state index is -5.87. The molecule has 0 aromatic carbocycles. The van der Waals surface area contributed by atoms with Crippen LogP contribution in [0.2, 0.25) is 0 Å². The van der Waals surface area contributed by atoms with Gasteiger partial charge in [0.2, 0.25) is 0 Å². The summed E-state index contributed by atoms with van der Waals surface area (Å²) in [6.07, 6.45) is -19.0. The van der Waals surface area contributed by atoms with Gasteiger partial charge in [-0.3, -0.25) is 0 Å². The fourth-order valence-corrected chi connectivity index (χ4v) is 1.09. The molecule has 0 radical (unpaired) electrons. The molecule has 0 aliphatic carbocycles. The van der Waals surface area contributed by atoms with Crippen LogP contribution in [0.25, 0.3) is 0 Å². The maximum atomic E-state index is 13.2. The molecule has 23 heavy (non-hydrogen) atoms. The van der Waals surface area contributed by atoms with Crippen molar-refractivity contribution in [3.05, 3.63) is 12.2 Å². The number of rotatable bonds is 6. The molecule has 5 nitrogen and oxygen atoms in total. The van der Waals surface area contributed by atoms with E-state index in [1.54, 1.807) is 0 Å². The van der Waals surface area contributed by atoms with Crippen molar-refractivity contribution in [3.8, 4) is 0 Å². The quantitative estimate of drug-likeness (QED) is 0.452. The summed E-state index contributed by atoms with van der Waals surface area (Å²) in [5.41, 5.74) is 0. The highest BCUT2D eigenvalue weighted by Gasteiger charge is 2.59. The fraction of sp³-hybridized carbons (Fsp3) is 0.636. The average molecular weight is 355 g/mol. The lowest BCUT2D eigenvalue weighted by molar-refractivity contribution is -0.307. The number of carbonyl (C=O) groups excluding carboxylic acids is 2. The maximum absolute atomic E-state index is 13.2. The number of ether oxygens (including phenoxy) is 2. The number of halogens is 7. The van der Waals surface area contributed by atoms with Crippen LogP contribution in [0.4, 0.5) is 35.5 Å². The Morgan fingerprint density at radius 1 is 1.13 bits per heavy atom. The number of alkyl halides is 7. The third-order valence-electron chi connectivity index (χ3n) is 1.99. The van der Waals surface area contributed by atoms with E-state index in [9.17, 15) is 40.3 Å². The molecule has 12 heteroatoms. The van der Waals surface area contributed by atoms with E-state index in [0.29, 0.717) is 12.2 Å². The van der Waals surface area contributed by atoms with Crippen molar-refractivity contribution in [2.45, 2.75) is 31.6 Å². The van der Waals surface area contributed by atoms with Gasteiger partial charge in [0.15, 0.2) is 0 Å². The Labute approximate surface area is 125 Å². The van der Waals surface area contributed by atoms with Gasteiger partial charge in [-0.15, -0.1) is 0 Å². The maximum Gasteiger partial charge on any atom is 0.434 e. The third kappa shape index (κ3) is 8.88. The molecule has 0 aromatic heterocycles. The van der Waals surface area contributed by atoms with Gasteiger partial charge in [-0.1, -0.05) is 0 Å². The highest BCUT2D eigenvalue weighted by atomic mass is 19.4. The van der Waals surface area contributed by atoms with E-state index in [2.05, 4.69) is 9.47 Å². The molecule has 1 atom stereocenters. The van der Waals surface area contributed by atoms with Gasteiger partial charge in [0, 0.05) is 6.08 Å². The van der Waals surface area contributed by atoms with Crippen molar-refractivity contribution >= 4 is 12.1 Å². The summed E-state index contributed by atoms with van der Waals surface area (Å²) in [6, 6.07) is 0. The minimum absolute atomic E-state index is 0.0149. The van der Waals surface area contributed by atoms with Crippen molar-refractivity contribution in [3.63, 3.8) is 0 Å². The van der Waals surface area contributed by atoms with Crippen LogP contribution in [0.15, 0.2) is 12.2 Å². The second-order valence-electron chi connectivity index (χ2n) is 3.88. The number of hydrogen-bond donors (Lipinski definition) is 1. The Morgan fingerprint density at radius 3 is 2.09 bits per heavy atom. The summed E-state index contributed by atoms with van der Waals surface area (Å²) in [7, 11) is 0. The number of nitrogens with one attached hydrogen (secondary N) is 1. The summed E-state index contributed by atoms with van der Waals surface area (Å²) >= 11 is 0. The fourth-order valence-electron chi connectivity index (χ4n) is 1.09. The van der Waals surface area contributed by atoms with Crippen LogP contribution in [-0.4, -0.2) is 49.8 Å². The normalized spacial score (nSPS) is 14.0. The zero-order valence-electron chi connectivity index (χ0n) is 11.5. The second kappa shape index (κ2) is 8.58. The van der Waals surface area contributed by atoms with Crippen LogP contribution in [0.3, 0.4) is 0 Å². The molecule has 134 valence electrons. The summed E-state index contributed by atoms with van der Waals surface area (Å²) in [5.74, 6) is -0.910.